The largest absolute Gasteiger partial charge is 0.493 e. The smallest absolute Gasteiger partial charge is 0.235 e. The fraction of sp³-hybridized carbons (Fsp3) is 0.125. The molecule has 0 bridgehead atoms. The van der Waals surface area contributed by atoms with Crippen molar-refractivity contribution in [1.82, 2.24) is 14.4 Å². The Balaban J connectivity index is 2.21. The number of aromatic nitrogens is 3. The van der Waals surface area contributed by atoms with Gasteiger partial charge in [0.1, 0.15) is 0 Å². The number of fused-ring (bicyclic) bond motifs is 5. The summed E-state index contributed by atoms with van der Waals surface area (Å²) in [4.78, 5) is 8.98. The third-order valence-electron chi connectivity index (χ3n) is 3.64. The van der Waals surface area contributed by atoms with Gasteiger partial charge in [0.05, 0.1) is 30.8 Å². The Morgan fingerprint density at radius 1 is 0.952 bits per heavy atom. The molecule has 0 atom stereocenters. The third kappa shape index (κ3) is 1.64. The Bertz CT molecular complexity index is 975. The molecule has 4 aromatic rings. The molecule has 0 aliphatic heterocycles. The summed E-state index contributed by atoms with van der Waals surface area (Å²) in [6.45, 7) is 0. The van der Waals surface area contributed by atoms with Crippen molar-refractivity contribution in [2.75, 3.05) is 14.2 Å². The molecule has 104 valence electrons. The van der Waals surface area contributed by atoms with E-state index in [0.717, 1.165) is 21.9 Å². The maximum atomic E-state index is 5.40. The highest BCUT2D eigenvalue weighted by molar-refractivity contribution is 5.90. The lowest BCUT2D eigenvalue weighted by atomic mass is 10.2. The molecule has 4 rings (SSSR count). The minimum absolute atomic E-state index is 0.677. The van der Waals surface area contributed by atoms with Gasteiger partial charge in [-0.3, -0.25) is 4.40 Å². The van der Waals surface area contributed by atoms with Crippen molar-refractivity contribution in [1.29, 1.82) is 0 Å². The van der Waals surface area contributed by atoms with Gasteiger partial charge in [-0.1, -0.05) is 12.1 Å². The van der Waals surface area contributed by atoms with E-state index in [-0.39, 0.29) is 0 Å². The molecule has 0 spiro atoms. The monoisotopic (exact) mass is 279 g/mol. The van der Waals surface area contributed by atoms with Crippen LogP contribution in [0, 0.1) is 0 Å². The van der Waals surface area contributed by atoms with Gasteiger partial charge in [-0.2, -0.15) is 0 Å². The number of hydrogen-bond acceptors (Lipinski definition) is 4. The van der Waals surface area contributed by atoms with Gasteiger partial charge in [0.25, 0.3) is 0 Å². The first-order valence-electron chi connectivity index (χ1n) is 6.60. The molecule has 0 saturated carbocycles. The van der Waals surface area contributed by atoms with E-state index < -0.39 is 0 Å². The van der Waals surface area contributed by atoms with Crippen LogP contribution in [0.4, 0.5) is 0 Å². The van der Waals surface area contributed by atoms with Crippen molar-refractivity contribution in [2.45, 2.75) is 0 Å². The summed E-state index contributed by atoms with van der Waals surface area (Å²) >= 11 is 0. The summed E-state index contributed by atoms with van der Waals surface area (Å²) in [5, 5.41) is 0.975. The standard InChI is InChI=1S/C16H13N3O2/c1-20-14-7-10-9-17-16-18-11-5-3-4-6-12(11)19(16)13(10)8-15(14)21-2/h3-9H,1-2H3. The summed E-state index contributed by atoms with van der Waals surface area (Å²) in [5.74, 6) is 2.06. The first-order chi connectivity index (χ1) is 10.3. The van der Waals surface area contributed by atoms with Crippen LogP contribution in [-0.2, 0) is 0 Å². The van der Waals surface area contributed by atoms with Crippen LogP contribution in [0.3, 0.4) is 0 Å². The minimum atomic E-state index is 0.677. The highest BCUT2D eigenvalue weighted by atomic mass is 16.5. The van der Waals surface area contributed by atoms with Crippen molar-refractivity contribution in [3.8, 4) is 11.5 Å². The maximum Gasteiger partial charge on any atom is 0.235 e. The van der Waals surface area contributed by atoms with Crippen molar-refractivity contribution in [2.24, 2.45) is 0 Å². The number of nitrogens with zero attached hydrogens (tertiary/aromatic N) is 3. The SMILES string of the molecule is COc1cc2cnc3nc4ccccc4n3c2cc1OC. The lowest BCUT2D eigenvalue weighted by molar-refractivity contribution is 0.355. The normalized spacial score (nSPS) is 11.3. The lowest BCUT2D eigenvalue weighted by Crippen LogP contribution is -1.95. The second kappa shape index (κ2) is 4.34. The van der Waals surface area contributed by atoms with Gasteiger partial charge in [0.2, 0.25) is 5.78 Å². The van der Waals surface area contributed by atoms with Crippen LogP contribution in [0.2, 0.25) is 0 Å². The molecule has 0 radical (unpaired) electrons. The van der Waals surface area contributed by atoms with Gasteiger partial charge >= 0.3 is 0 Å². The highest BCUT2D eigenvalue weighted by Gasteiger charge is 2.12. The molecule has 2 aromatic heterocycles. The summed E-state index contributed by atoms with van der Waals surface area (Å²) in [6, 6.07) is 11.9. The molecule has 5 heteroatoms. The molecule has 2 heterocycles. The number of para-hydroxylation sites is 2. The Morgan fingerprint density at radius 3 is 2.52 bits per heavy atom. The highest BCUT2D eigenvalue weighted by Crippen LogP contribution is 2.33. The topological polar surface area (TPSA) is 48.7 Å². The van der Waals surface area contributed by atoms with Crippen LogP contribution < -0.4 is 9.47 Å². The van der Waals surface area contributed by atoms with E-state index >= 15 is 0 Å². The average molecular weight is 279 g/mol. The molecular weight excluding hydrogens is 266 g/mol. The van der Waals surface area contributed by atoms with E-state index in [1.54, 1.807) is 20.4 Å². The Hall–Kier alpha value is -2.82. The van der Waals surface area contributed by atoms with E-state index in [9.17, 15) is 0 Å². The number of imidazole rings is 1. The van der Waals surface area contributed by atoms with Crippen LogP contribution >= 0.6 is 0 Å². The Labute approximate surface area is 120 Å². The Morgan fingerprint density at radius 2 is 1.71 bits per heavy atom. The Kier molecular flexibility index (Phi) is 2.47. The van der Waals surface area contributed by atoms with Crippen LogP contribution in [0.5, 0.6) is 11.5 Å². The van der Waals surface area contributed by atoms with Crippen LogP contribution in [0.1, 0.15) is 0 Å². The van der Waals surface area contributed by atoms with E-state index in [2.05, 4.69) is 9.97 Å². The van der Waals surface area contributed by atoms with Gasteiger partial charge < -0.3 is 9.47 Å². The zero-order valence-corrected chi connectivity index (χ0v) is 11.7. The predicted octanol–water partition coefficient (Wildman–Crippen LogP) is 3.05. The predicted molar refractivity (Wildman–Crippen MR) is 81.1 cm³/mol. The number of hydrogen-bond donors (Lipinski definition) is 0. The second-order valence-electron chi connectivity index (χ2n) is 4.76. The van der Waals surface area contributed by atoms with Crippen molar-refractivity contribution < 1.29 is 9.47 Å². The van der Waals surface area contributed by atoms with Crippen LogP contribution in [0.25, 0.3) is 27.7 Å². The average Bonchev–Trinajstić information content (AvgIpc) is 2.92. The van der Waals surface area contributed by atoms with Gasteiger partial charge in [-0.05, 0) is 18.2 Å². The van der Waals surface area contributed by atoms with E-state index in [1.165, 1.54) is 0 Å². The molecule has 0 unspecified atom stereocenters. The summed E-state index contributed by atoms with van der Waals surface area (Å²) in [5.41, 5.74) is 2.94. The molecule has 0 saturated heterocycles. The molecule has 21 heavy (non-hydrogen) atoms. The maximum absolute atomic E-state index is 5.40. The molecule has 5 nitrogen and oxygen atoms in total. The molecule has 0 aliphatic carbocycles. The van der Waals surface area contributed by atoms with Crippen molar-refractivity contribution >= 4 is 27.7 Å². The first kappa shape index (κ1) is 12.0. The molecule has 0 N–H and O–H groups in total. The van der Waals surface area contributed by atoms with Crippen molar-refractivity contribution in [3.63, 3.8) is 0 Å². The first-order valence-corrected chi connectivity index (χ1v) is 6.60. The fourth-order valence-corrected chi connectivity index (χ4v) is 2.65. The number of methoxy groups -OCH3 is 2. The van der Waals surface area contributed by atoms with Gasteiger partial charge in [-0.15, -0.1) is 0 Å². The number of rotatable bonds is 2. The lowest BCUT2D eigenvalue weighted by Gasteiger charge is -2.10. The van der Waals surface area contributed by atoms with Gasteiger partial charge in [-0.25, -0.2) is 9.97 Å². The molecule has 2 aromatic carbocycles. The van der Waals surface area contributed by atoms with E-state index in [0.29, 0.717) is 17.3 Å². The quantitative estimate of drug-likeness (QED) is 0.566. The molecular formula is C16H13N3O2. The zero-order chi connectivity index (χ0) is 14.4. The fourth-order valence-electron chi connectivity index (χ4n) is 2.65. The number of ether oxygens (including phenoxy) is 2. The third-order valence-corrected chi connectivity index (χ3v) is 3.64. The van der Waals surface area contributed by atoms with E-state index in [1.807, 2.05) is 40.8 Å². The number of benzene rings is 2. The molecule has 0 fully saturated rings. The summed E-state index contributed by atoms with van der Waals surface area (Å²) in [6.07, 6.45) is 1.80. The summed E-state index contributed by atoms with van der Waals surface area (Å²) in [7, 11) is 3.26. The van der Waals surface area contributed by atoms with Crippen molar-refractivity contribution in [3.05, 3.63) is 42.6 Å². The van der Waals surface area contributed by atoms with E-state index in [4.69, 9.17) is 9.47 Å². The zero-order valence-electron chi connectivity index (χ0n) is 11.7. The molecule has 0 aliphatic rings. The van der Waals surface area contributed by atoms with Gasteiger partial charge in [0.15, 0.2) is 11.5 Å². The minimum Gasteiger partial charge on any atom is -0.493 e. The van der Waals surface area contributed by atoms with Gasteiger partial charge in [0, 0.05) is 17.6 Å². The van der Waals surface area contributed by atoms with Crippen LogP contribution in [0.15, 0.2) is 42.6 Å². The molecule has 0 amide bonds. The van der Waals surface area contributed by atoms with Crippen LogP contribution in [-0.4, -0.2) is 28.6 Å². The second-order valence-corrected chi connectivity index (χ2v) is 4.76. The summed E-state index contributed by atoms with van der Waals surface area (Å²) < 4.78 is 12.8.